The molecule has 0 bridgehead atoms. The van der Waals surface area contributed by atoms with Crippen LogP contribution in [0.1, 0.15) is 20.3 Å². The Kier molecular flexibility index (Phi) is 7.54. The summed E-state index contributed by atoms with van der Waals surface area (Å²) in [6.07, 6.45) is 0.336. The Hall–Kier alpha value is -1.10. The number of likely N-dealkylation sites (N-methyl/N-ethyl adjacent to an activating group) is 2. The molecule has 0 radical (unpaired) electrons. The second-order valence-electron chi connectivity index (χ2n) is 3.71. The fourth-order valence-electron chi connectivity index (χ4n) is 1.16. The molecule has 0 aromatic rings. The Morgan fingerprint density at radius 2 is 1.81 bits per heavy atom. The molecule has 5 nitrogen and oxygen atoms in total. The maximum absolute atomic E-state index is 11.5. The van der Waals surface area contributed by atoms with Gasteiger partial charge < -0.3 is 9.64 Å². The lowest BCUT2D eigenvalue weighted by atomic mass is 10.3. The molecule has 5 heteroatoms. The monoisotopic (exact) mass is 230 g/mol. The zero-order valence-electron chi connectivity index (χ0n) is 10.7. The zero-order chi connectivity index (χ0) is 12.6. The summed E-state index contributed by atoms with van der Waals surface area (Å²) in [5.41, 5.74) is 0. The summed E-state index contributed by atoms with van der Waals surface area (Å²) in [5.74, 6) is -0.163. The van der Waals surface area contributed by atoms with Crippen LogP contribution in [-0.2, 0) is 14.3 Å². The molecule has 0 atom stereocenters. The Labute approximate surface area is 97.3 Å². The van der Waals surface area contributed by atoms with Crippen molar-refractivity contribution in [2.24, 2.45) is 0 Å². The molecule has 94 valence electrons. The van der Waals surface area contributed by atoms with Crippen LogP contribution >= 0.6 is 0 Å². The summed E-state index contributed by atoms with van der Waals surface area (Å²) >= 11 is 0. The van der Waals surface area contributed by atoms with Gasteiger partial charge >= 0.3 is 5.97 Å². The molecule has 0 saturated carbocycles. The van der Waals surface area contributed by atoms with Gasteiger partial charge in [-0.15, -0.1) is 0 Å². The van der Waals surface area contributed by atoms with Gasteiger partial charge in [0.05, 0.1) is 19.6 Å². The first-order chi connectivity index (χ1) is 7.51. The number of amides is 1. The van der Waals surface area contributed by atoms with Crippen LogP contribution in [0.15, 0.2) is 0 Å². The Bertz CT molecular complexity index is 229. The van der Waals surface area contributed by atoms with Gasteiger partial charge in [0.15, 0.2) is 0 Å². The highest BCUT2D eigenvalue weighted by atomic mass is 16.5. The van der Waals surface area contributed by atoms with Gasteiger partial charge in [-0.3, -0.25) is 14.5 Å². The van der Waals surface area contributed by atoms with Gasteiger partial charge in [0.2, 0.25) is 5.91 Å². The lowest BCUT2D eigenvalue weighted by molar-refractivity contribution is -0.144. The number of rotatable bonds is 7. The molecule has 0 aliphatic rings. The van der Waals surface area contributed by atoms with E-state index in [4.69, 9.17) is 4.74 Å². The van der Waals surface area contributed by atoms with Crippen LogP contribution < -0.4 is 0 Å². The molecule has 0 N–H and O–H groups in total. The van der Waals surface area contributed by atoms with Crippen LogP contribution in [0.5, 0.6) is 0 Å². The van der Waals surface area contributed by atoms with E-state index in [2.05, 4.69) is 0 Å². The van der Waals surface area contributed by atoms with E-state index in [0.29, 0.717) is 26.1 Å². The molecule has 0 unspecified atom stereocenters. The van der Waals surface area contributed by atoms with Gasteiger partial charge in [0.25, 0.3) is 0 Å². The molecule has 0 fully saturated rings. The minimum atomic E-state index is -0.210. The quantitative estimate of drug-likeness (QED) is 0.592. The van der Waals surface area contributed by atoms with Crippen molar-refractivity contribution in [3.63, 3.8) is 0 Å². The highest BCUT2D eigenvalue weighted by Gasteiger charge is 2.12. The van der Waals surface area contributed by atoms with Crippen molar-refractivity contribution in [1.29, 1.82) is 0 Å². The number of ether oxygens (including phenoxy) is 1. The highest BCUT2D eigenvalue weighted by Crippen LogP contribution is 1.95. The molecular formula is C11H22N2O3. The summed E-state index contributed by atoms with van der Waals surface area (Å²) in [6, 6.07) is 0. The zero-order valence-corrected chi connectivity index (χ0v) is 10.7. The Morgan fingerprint density at radius 3 is 2.25 bits per heavy atom. The van der Waals surface area contributed by atoms with E-state index in [1.54, 1.807) is 25.9 Å². The number of esters is 1. The molecule has 0 spiro atoms. The third kappa shape index (κ3) is 6.40. The van der Waals surface area contributed by atoms with Crippen molar-refractivity contribution in [3.8, 4) is 0 Å². The summed E-state index contributed by atoms with van der Waals surface area (Å²) in [7, 11) is 3.45. The van der Waals surface area contributed by atoms with Crippen molar-refractivity contribution in [2.75, 3.05) is 40.3 Å². The minimum Gasteiger partial charge on any atom is -0.466 e. The SMILES string of the molecule is CCOC(=O)CCN(CC)CC(=O)N(C)C. The van der Waals surface area contributed by atoms with Crippen LogP contribution in [0.2, 0.25) is 0 Å². The van der Waals surface area contributed by atoms with Crippen molar-refractivity contribution in [3.05, 3.63) is 0 Å². The molecular weight excluding hydrogens is 208 g/mol. The number of carbonyl (C=O) groups is 2. The van der Waals surface area contributed by atoms with Gasteiger partial charge in [-0.1, -0.05) is 6.92 Å². The van der Waals surface area contributed by atoms with Crippen LogP contribution in [0.25, 0.3) is 0 Å². The van der Waals surface area contributed by atoms with Crippen molar-refractivity contribution < 1.29 is 14.3 Å². The van der Waals surface area contributed by atoms with E-state index in [-0.39, 0.29) is 11.9 Å². The van der Waals surface area contributed by atoms with E-state index < -0.39 is 0 Å². The molecule has 0 heterocycles. The van der Waals surface area contributed by atoms with Gasteiger partial charge in [0.1, 0.15) is 0 Å². The number of hydrogen-bond acceptors (Lipinski definition) is 4. The van der Waals surface area contributed by atoms with E-state index in [9.17, 15) is 9.59 Å². The third-order valence-corrected chi connectivity index (χ3v) is 2.24. The van der Waals surface area contributed by atoms with Crippen LogP contribution in [0, 0.1) is 0 Å². The van der Waals surface area contributed by atoms with Crippen molar-refractivity contribution >= 4 is 11.9 Å². The normalized spacial score (nSPS) is 10.3. The first-order valence-electron chi connectivity index (χ1n) is 5.59. The first-order valence-corrected chi connectivity index (χ1v) is 5.59. The molecule has 0 aromatic carbocycles. The van der Waals surface area contributed by atoms with Crippen molar-refractivity contribution in [2.45, 2.75) is 20.3 Å². The van der Waals surface area contributed by atoms with Crippen molar-refractivity contribution in [1.82, 2.24) is 9.80 Å². The standard InChI is InChI=1S/C11H22N2O3/c1-5-13(9-10(14)12(3)4)8-7-11(15)16-6-2/h5-9H2,1-4H3. The molecule has 0 rings (SSSR count). The number of carbonyl (C=O) groups excluding carboxylic acids is 2. The number of nitrogens with zero attached hydrogens (tertiary/aromatic N) is 2. The molecule has 1 amide bonds. The molecule has 0 aliphatic carbocycles. The lowest BCUT2D eigenvalue weighted by Gasteiger charge is -2.21. The summed E-state index contributed by atoms with van der Waals surface area (Å²) < 4.78 is 4.83. The van der Waals surface area contributed by atoms with Gasteiger partial charge in [-0.25, -0.2) is 0 Å². The minimum absolute atomic E-state index is 0.0470. The average Bonchev–Trinajstić information content (AvgIpc) is 2.24. The third-order valence-electron chi connectivity index (χ3n) is 2.24. The topological polar surface area (TPSA) is 49.9 Å². The summed E-state index contributed by atoms with van der Waals surface area (Å²) in [6.45, 7) is 5.82. The maximum atomic E-state index is 11.5. The highest BCUT2D eigenvalue weighted by molar-refractivity contribution is 5.77. The molecule has 0 aliphatic heterocycles. The van der Waals surface area contributed by atoms with Crippen LogP contribution in [0.3, 0.4) is 0 Å². The fraction of sp³-hybridized carbons (Fsp3) is 0.818. The Morgan fingerprint density at radius 1 is 1.19 bits per heavy atom. The van der Waals surface area contributed by atoms with Gasteiger partial charge in [0, 0.05) is 20.6 Å². The predicted molar refractivity (Wildman–Crippen MR) is 62.1 cm³/mol. The summed E-state index contributed by atoms with van der Waals surface area (Å²) in [5, 5.41) is 0. The smallest absolute Gasteiger partial charge is 0.307 e. The van der Waals surface area contributed by atoms with E-state index in [0.717, 1.165) is 6.54 Å². The maximum Gasteiger partial charge on any atom is 0.307 e. The van der Waals surface area contributed by atoms with E-state index in [1.807, 2.05) is 11.8 Å². The lowest BCUT2D eigenvalue weighted by Crippen LogP contribution is -2.37. The first kappa shape index (κ1) is 14.9. The second-order valence-corrected chi connectivity index (χ2v) is 3.71. The molecule has 0 saturated heterocycles. The summed E-state index contributed by atoms with van der Waals surface area (Å²) in [4.78, 5) is 26.1. The van der Waals surface area contributed by atoms with Crippen LogP contribution in [-0.4, -0.2) is 62.0 Å². The van der Waals surface area contributed by atoms with Crippen LogP contribution in [0.4, 0.5) is 0 Å². The van der Waals surface area contributed by atoms with Gasteiger partial charge in [-0.2, -0.15) is 0 Å². The number of hydrogen-bond donors (Lipinski definition) is 0. The predicted octanol–water partition coefficient (Wildman–Crippen LogP) is 0.350. The Balaban J connectivity index is 3.92. The molecule has 0 aromatic heterocycles. The largest absolute Gasteiger partial charge is 0.466 e. The van der Waals surface area contributed by atoms with Gasteiger partial charge in [-0.05, 0) is 13.5 Å². The van der Waals surface area contributed by atoms with E-state index >= 15 is 0 Å². The second kappa shape index (κ2) is 8.10. The van der Waals surface area contributed by atoms with E-state index in [1.165, 1.54) is 0 Å². The molecule has 16 heavy (non-hydrogen) atoms. The fourth-order valence-corrected chi connectivity index (χ4v) is 1.16. The average molecular weight is 230 g/mol.